The first-order chi connectivity index (χ1) is 29.3. The standard InChI is InChI=1S/C53H34BN5/c1-5-19-37(20-6-1)51-55-52(38-21-7-2-8-22-38)57-53(56-51)39-33-46-50-47(34-39)59(41-25-11-4-12-26-41)45-32-30-36-18-14-16-28-43(36)49(45)54(50)48-42-27-15-13-17-35(42)29-31-44(48)58(46)40-23-9-3-10-24-40/h1-34H. The van der Waals surface area contributed by atoms with Gasteiger partial charge >= 0.3 is 0 Å². The molecule has 1 aromatic heterocycles. The molecule has 0 saturated carbocycles. The molecule has 59 heavy (non-hydrogen) atoms. The zero-order valence-corrected chi connectivity index (χ0v) is 31.9. The fraction of sp³-hybridized carbons (Fsp3) is 0. The summed E-state index contributed by atoms with van der Waals surface area (Å²) in [5, 5.41) is 4.95. The minimum Gasteiger partial charge on any atom is -0.311 e. The highest BCUT2D eigenvalue weighted by atomic mass is 15.2. The van der Waals surface area contributed by atoms with Crippen LogP contribution in [0.4, 0.5) is 34.1 Å². The molecule has 12 rings (SSSR count). The summed E-state index contributed by atoms with van der Waals surface area (Å²) in [6, 6.07) is 73.4. The lowest BCUT2D eigenvalue weighted by Gasteiger charge is -2.45. The lowest BCUT2D eigenvalue weighted by molar-refractivity contribution is 1.07. The van der Waals surface area contributed by atoms with Crippen molar-refractivity contribution in [2.75, 3.05) is 9.80 Å². The fourth-order valence-electron chi connectivity index (χ4n) is 9.32. The Balaban J connectivity index is 1.23. The molecule has 3 heterocycles. The van der Waals surface area contributed by atoms with Crippen molar-refractivity contribution in [1.29, 1.82) is 0 Å². The Labute approximate surface area is 342 Å². The maximum atomic E-state index is 5.27. The monoisotopic (exact) mass is 751 g/mol. The van der Waals surface area contributed by atoms with Crippen LogP contribution in [0.1, 0.15) is 0 Å². The Morgan fingerprint density at radius 2 is 0.678 bits per heavy atom. The molecule has 0 fully saturated rings. The SMILES string of the molecule is c1ccc(-c2nc(-c3ccccc3)nc(-c3cc4c5c(c3)N(c3ccccc3)c3ccc6ccccc6c3B5c3c(ccc5ccccc35)N4c3ccccc3)n2)cc1. The van der Waals surface area contributed by atoms with Crippen LogP contribution in [0.5, 0.6) is 0 Å². The van der Waals surface area contributed by atoms with Crippen molar-refractivity contribution in [2.45, 2.75) is 0 Å². The number of para-hydroxylation sites is 2. The highest BCUT2D eigenvalue weighted by Crippen LogP contribution is 2.47. The molecular weight excluding hydrogens is 717 g/mol. The summed E-state index contributed by atoms with van der Waals surface area (Å²) in [7, 11) is 0. The second-order valence-electron chi connectivity index (χ2n) is 15.2. The van der Waals surface area contributed by atoms with E-state index in [0.29, 0.717) is 17.5 Å². The van der Waals surface area contributed by atoms with Crippen molar-refractivity contribution < 1.29 is 0 Å². The van der Waals surface area contributed by atoms with Gasteiger partial charge in [-0.3, -0.25) is 0 Å². The zero-order chi connectivity index (χ0) is 38.9. The Morgan fingerprint density at radius 1 is 0.305 bits per heavy atom. The van der Waals surface area contributed by atoms with Gasteiger partial charge in [0.25, 0.3) is 6.71 Å². The van der Waals surface area contributed by atoms with E-state index in [-0.39, 0.29) is 6.71 Å². The van der Waals surface area contributed by atoms with E-state index in [2.05, 4.69) is 180 Å². The first-order valence-electron chi connectivity index (χ1n) is 20.1. The Hall–Kier alpha value is -7.83. The quantitative estimate of drug-likeness (QED) is 0.164. The van der Waals surface area contributed by atoms with Gasteiger partial charge in [-0.05, 0) is 86.5 Å². The van der Waals surface area contributed by atoms with Gasteiger partial charge in [-0.2, -0.15) is 0 Å². The van der Waals surface area contributed by atoms with E-state index in [1.807, 2.05) is 36.4 Å². The molecule has 6 heteroatoms. The van der Waals surface area contributed by atoms with Gasteiger partial charge in [0, 0.05) is 50.8 Å². The lowest BCUT2D eigenvalue weighted by Crippen LogP contribution is -2.61. The van der Waals surface area contributed by atoms with E-state index in [4.69, 9.17) is 15.0 Å². The van der Waals surface area contributed by atoms with Crippen LogP contribution in [0.2, 0.25) is 0 Å². The Kier molecular flexibility index (Phi) is 7.57. The second kappa shape index (κ2) is 13.4. The van der Waals surface area contributed by atoms with Crippen molar-refractivity contribution in [1.82, 2.24) is 15.0 Å². The van der Waals surface area contributed by atoms with Crippen LogP contribution in [0.3, 0.4) is 0 Å². The molecule has 2 aliphatic heterocycles. The number of benzene rings is 9. The van der Waals surface area contributed by atoms with Gasteiger partial charge < -0.3 is 9.80 Å². The predicted molar refractivity (Wildman–Crippen MR) is 245 cm³/mol. The van der Waals surface area contributed by atoms with Crippen LogP contribution in [0.15, 0.2) is 206 Å². The van der Waals surface area contributed by atoms with E-state index < -0.39 is 0 Å². The van der Waals surface area contributed by atoms with Crippen LogP contribution in [-0.2, 0) is 0 Å². The first kappa shape index (κ1) is 33.3. The molecule has 0 saturated heterocycles. The van der Waals surface area contributed by atoms with Gasteiger partial charge in [0.1, 0.15) is 0 Å². The number of hydrogen-bond acceptors (Lipinski definition) is 5. The molecule has 0 unspecified atom stereocenters. The average Bonchev–Trinajstić information content (AvgIpc) is 3.32. The number of rotatable bonds is 5. The van der Waals surface area contributed by atoms with Gasteiger partial charge in [-0.15, -0.1) is 0 Å². The van der Waals surface area contributed by atoms with Crippen LogP contribution in [-0.4, -0.2) is 21.7 Å². The van der Waals surface area contributed by atoms with Crippen LogP contribution >= 0.6 is 0 Å². The molecule has 0 aliphatic carbocycles. The lowest BCUT2D eigenvalue weighted by atomic mass is 9.32. The minimum atomic E-state index is -0.0747. The molecule has 0 N–H and O–H groups in total. The molecule has 5 nitrogen and oxygen atoms in total. The Bertz CT molecular complexity index is 3020. The van der Waals surface area contributed by atoms with Crippen LogP contribution in [0.25, 0.3) is 55.7 Å². The predicted octanol–water partition coefficient (Wildman–Crippen LogP) is 11.3. The summed E-state index contributed by atoms with van der Waals surface area (Å²) in [6.45, 7) is -0.0747. The third kappa shape index (κ3) is 5.30. The zero-order valence-electron chi connectivity index (χ0n) is 31.9. The minimum absolute atomic E-state index is 0.0747. The highest BCUT2D eigenvalue weighted by molar-refractivity contribution is 7.02. The number of nitrogens with zero attached hydrogens (tertiary/aromatic N) is 5. The third-order valence-electron chi connectivity index (χ3n) is 11.8. The number of aromatic nitrogens is 3. The van der Waals surface area contributed by atoms with Gasteiger partial charge in [0.15, 0.2) is 17.5 Å². The van der Waals surface area contributed by atoms with Crippen LogP contribution in [0, 0.1) is 0 Å². The van der Waals surface area contributed by atoms with Crippen molar-refractivity contribution in [3.63, 3.8) is 0 Å². The van der Waals surface area contributed by atoms with E-state index in [0.717, 1.165) is 50.8 Å². The van der Waals surface area contributed by atoms with Crippen molar-refractivity contribution in [3.8, 4) is 34.2 Å². The first-order valence-corrected chi connectivity index (χ1v) is 20.1. The summed E-state index contributed by atoms with van der Waals surface area (Å²) >= 11 is 0. The molecule has 0 spiro atoms. The summed E-state index contributed by atoms with van der Waals surface area (Å²) in [5.74, 6) is 1.88. The molecule has 0 amide bonds. The van der Waals surface area contributed by atoms with Crippen molar-refractivity contribution >= 4 is 78.8 Å². The third-order valence-corrected chi connectivity index (χ3v) is 11.8. The largest absolute Gasteiger partial charge is 0.311 e. The van der Waals surface area contributed by atoms with Gasteiger partial charge in [-0.1, -0.05) is 158 Å². The van der Waals surface area contributed by atoms with Crippen molar-refractivity contribution in [3.05, 3.63) is 206 Å². The van der Waals surface area contributed by atoms with E-state index in [1.54, 1.807) is 0 Å². The van der Waals surface area contributed by atoms with E-state index in [1.165, 1.54) is 37.9 Å². The van der Waals surface area contributed by atoms with Crippen molar-refractivity contribution in [2.24, 2.45) is 0 Å². The van der Waals surface area contributed by atoms with Gasteiger partial charge in [0.05, 0.1) is 0 Å². The number of anilines is 6. The molecule has 0 radical (unpaired) electrons. The molecule has 0 bridgehead atoms. The molecule has 2 aliphatic rings. The molecule has 274 valence electrons. The average molecular weight is 752 g/mol. The summed E-state index contributed by atoms with van der Waals surface area (Å²) in [5.41, 5.74) is 13.3. The van der Waals surface area contributed by atoms with Gasteiger partial charge in [0.2, 0.25) is 0 Å². The van der Waals surface area contributed by atoms with Gasteiger partial charge in [-0.25, -0.2) is 15.0 Å². The molecule has 0 atom stereocenters. The molecule has 9 aromatic carbocycles. The summed E-state index contributed by atoms with van der Waals surface area (Å²) in [6.07, 6.45) is 0. The van der Waals surface area contributed by atoms with Crippen LogP contribution < -0.4 is 26.2 Å². The normalized spacial score (nSPS) is 12.6. The maximum absolute atomic E-state index is 5.27. The molecular formula is C53H34BN5. The maximum Gasteiger partial charge on any atom is 0.253 e. The smallest absolute Gasteiger partial charge is 0.253 e. The topological polar surface area (TPSA) is 45.2 Å². The van der Waals surface area contributed by atoms with E-state index in [9.17, 15) is 0 Å². The number of hydrogen-bond donors (Lipinski definition) is 0. The molecule has 10 aromatic rings. The summed E-state index contributed by atoms with van der Waals surface area (Å²) < 4.78 is 0. The van der Waals surface area contributed by atoms with E-state index >= 15 is 0 Å². The number of fused-ring (bicyclic) bond motifs is 8. The summed E-state index contributed by atoms with van der Waals surface area (Å²) in [4.78, 5) is 20.5. The fourth-order valence-corrected chi connectivity index (χ4v) is 9.32. The Morgan fingerprint density at radius 3 is 1.12 bits per heavy atom. The second-order valence-corrected chi connectivity index (χ2v) is 15.2. The highest BCUT2D eigenvalue weighted by Gasteiger charge is 2.45.